The molecule has 1 unspecified atom stereocenters. The minimum Gasteiger partial charge on any atom is -0.370 e. The minimum absolute atomic E-state index is 0. The van der Waals surface area contributed by atoms with Gasteiger partial charge in [-0.3, -0.25) is 0 Å². The third-order valence-electron chi connectivity index (χ3n) is 3.68. The number of guanidine groups is 1. The summed E-state index contributed by atoms with van der Waals surface area (Å²) in [6.07, 6.45) is 5.47. The lowest BCUT2D eigenvalue weighted by Crippen LogP contribution is -2.38. The topological polar surface area (TPSA) is 66.5 Å². The minimum atomic E-state index is 0. The quantitative estimate of drug-likeness (QED) is 0.451. The first-order chi connectivity index (χ1) is 9.69. The number of nitrogens with zero attached hydrogens (tertiary/aromatic N) is 3. The molecule has 0 amide bonds. The van der Waals surface area contributed by atoms with Gasteiger partial charge in [-0.25, -0.2) is 9.98 Å². The van der Waals surface area contributed by atoms with E-state index in [0.717, 1.165) is 30.9 Å². The monoisotopic (exact) mass is 403 g/mol. The Morgan fingerprint density at radius 3 is 2.71 bits per heavy atom. The largest absolute Gasteiger partial charge is 0.370 e. The van der Waals surface area contributed by atoms with E-state index < -0.39 is 0 Å². The van der Waals surface area contributed by atoms with Gasteiger partial charge in [0, 0.05) is 25.3 Å². The lowest BCUT2D eigenvalue weighted by molar-refractivity contribution is 0.636. The summed E-state index contributed by atoms with van der Waals surface area (Å²) in [6, 6.07) is 4.52. The fourth-order valence-corrected chi connectivity index (χ4v) is 2.22. The summed E-state index contributed by atoms with van der Waals surface area (Å²) >= 11 is 0. The van der Waals surface area contributed by atoms with Crippen molar-refractivity contribution < 1.29 is 0 Å². The predicted molar refractivity (Wildman–Crippen MR) is 99.3 cm³/mol. The van der Waals surface area contributed by atoms with Crippen LogP contribution in [0.3, 0.4) is 0 Å². The molecule has 1 aromatic rings. The first-order valence-corrected chi connectivity index (χ1v) is 7.45. The molecule has 1 aromatic heterocycles. The van der Waals surface area contributed by atoms with Gasteiger partial charge in [0.05, 0.1) is 6.54 Å². The van der Waals surface area contributed by atoms with Crippen molar-refractivity contribution in [1.82, 2.24) is 10.3 Å². The van der Waals surface area contributed by atoms with Crippen molar-refractivity contribution in [1.29, 1.82) is 0 Å². The number of hydrogen-bond donors (Lipinski definition) is 2. The first-order valence-electron chi connectivity index (χ1n) is 7.45. The molecule has 118 valence electrons. The lowest BCUT2D eigenvalue weighted by Gasteiger charge is -2.16. The molecule has 1 fully saturated rings. The molecule has 0 bridgehead atoms. The zero-order valence-electron chi connectivity index (χ0n) is 12.9. The summed E-state index contributed by atoms with van der Waals surface area (Å²) in [7, 11) is 0. The van der Waals surface area contributed by atoms with Crippen LogP contribution in [-0.4, -0.2) is 30.1 Å². The van der Waals surface area contributed by atoms with Crippen molar-refractivity contribution in [2.45, 2.75) is 45.7 Å². The highest BCUT2D eigenvalue weighted by Gasteiger charge is 2.12. The van der Waals surface area contributed by atoms with Crippen LogP contribution in [0.25, 0.3) is 0 Å². The van der Waals surface area contributed by atoms with Crippen LogP contribution >= 0.6 is 24.0 Å². The maximum atomic E-state index is 5.84. The van der Waals surface area contributed by atoms with E-state index in [9.17, 15) is 0 Å². The van der Waals surface area contributed by atoms with Crippen LogP contribution < -0.4 is 16.0 Å². The van der Waals surface area contributed by atoms with E-state index in [0.29, 0.717) is 18.5 Å². The Bertz CT molecular complexity index is 440. The Hall–Kier alpha value is -1.05. The van der Waals surface area contributed by atoms with Gasteiger partial charge in [0.15, 0.2) is 5.96 Å². The summed E-state index contributed by atoms with van der Waals surface area (Å²) in [5.74, 6) is 1.57. The molecule has 0 saturated carbocycles. The average Bonchev–Trinajstić information content (AvgIpc) is 2.99. The normalized spacial score (nSPS) is 16.5. The number of hydrogen-bond acceptors (Lipinski definition) is 3. The highest BCUT2D eigenvalue weighted by Crippen LogP contribution is 2.17. The Morgan fingerprint density at radius 1 is 1.43 bits per heavy atom. The summed E-state index contributed by atoms with van der Waals surface area (Å²) in [5, 5.41) is 3.16. The van der Waals surface area contributed by atoms with Gasteiger partial charge in [0.2, 0.25) is 0 Å². The number of aromatic nitrogens is 1. The van der Waals surface area contributed by atoms with E-state index in [1.165, 1.54) is 12.8 Å². The molecule has 2 heterocycles. The van der Waals surface area contributed by atoms with E-state index >= 15 is 0 Å². The molecular formula is C15H26IN5. The van der Waals surface area contributed by atoms with E-state index in [2.05, 4.69) is 46.2 Å². The molecule has 6 heteroatoms. The van der Waals surface area contributed by atoms with Crippen LogP contribution in [0, 0.1) is 0 Å². The number of nitrogens with two attached hydrogens (primary N) is 1. The molecule has 1 aliphatic heterocycles. The molecule has 0 spiro atoms. The Balaban J connectivity index is 0.00000220. The number of rotatable bonds is 5. The fraction of sp³-hybridized carbons (Fsp3) is 0.600. The summed E-state index contributed by atoms with van der Waals surface area (Å²) in [4.78, 5) is 11.2. The second-order valence-corrected chi connectivity index (χ2v) is 5.37. The molecule has 0 aliphatic carbocycles. The zero-order valence-corrected chi connectivity index (χ0v) is 15.2. The van der Waals surface area contributed by atoms with Crippen molar-refractivity contribution >= 4 is 35.8 Å². The highest BCUT2D eigenvalue weighted by molar-refractivity contribution is 14.0. The van der Waals surface area contributed by atoms with Crippen LogP contribution in [0.1, 0.15) is 38.7 Å². The zero-order chi connectivity index (χ0) is 14.4. The van der Waals surface area contributed by atoms with Gasteiger partial charge < -0.3 is 16.0 Å². The molecule has 1 atom stereocenters. The van der Waals surface area contributed by atoms with Crippen LogP contribution in [0.2, 0.25) is 0 Å². The Kier molecular flexibility index (Phi) is 7.77. The molecular weight excluding hydrogens is 377 g/mol. The SMILES string of the molecule is CCC(C)NC(N)=NCc1ccc(N2CCCC2)nc1.I. The van der Waals surface area contributed by atoms with E-state index in [-0.39, 0.29) is 24.0 Å². The second kappa shape index (κ2) is 9.07. The lowest BCUT2D eigenvalue weighted by atomic mass is 10.2. The van der Waals surface area contributed by atoms with Crippen molar-refractivity contribution in [2.75, 3.05) is 18.0 Å². The second-order valence-electron chi connectivity index (χ2n) is 5.37. The molecule has 1 aliphatic rings. The van der Waals surface area contributed by atoms with Gasteiger partial charge in [0.25, 0.3) is 0 Å². The molecule has 1 saturated heterocycles. The number of aliphatic imine (C=N–C) groups is 1. The molecule has 3 N–H and O–H groups in total. The Labute approximate surface area is 144 Å². The van der Waals surface area contributed by atoms with Gasteiger partial charge in [-0.1, -0.05) is 13.0 Å². The van der Waals surface area contributed by atoms with Crippen LogP contribution in [-0.2, 0) is 6.54 Å². The maximum absolute atomic E-state index is 5.84. The molecule has 0 aromatic carbocycles. The summed E-state index contributed by atoms with van der Waals surface area (Å²) in [5.41, 5.74) is 6.92. The van der Waals surface area contributed by atoms with Gasteiger partial charge in [-0.15, -0.1) is 24.0 Å². The van der Waals surface area contributed by atoms with Crippen molar-refractivity contribution in [2.24, 2.45) is 10.7 Å². The van der Waals surface area contributed by atoms with Crippen molar-refractivity contribution in [3.05, 3.63) is 23.9 Å². The number of pyridine rings is 1. The van der Waals surface area contributed by atoms with Crippen LogP contribution in [0.4, 0.5) is 5.82 Å². The number of halogens is 1. The van der Waals surface area contributed by atoms with E-state index in [1.54, 1.807) is 0 Å². The number of anilines is 1. The molecule has 2 rings (SSSR count). The van der Waals surface area contributed by atoms with Gasteiger partial charge in [-0.05, 0) is 37.8 Å². The van der Waals surface area contributed by atoms with Crippen LogP contribution in [0.5, 0.6) is 0 Å². The van der Waals surface area contributed by atoms with Gasteiger partial charge in [0.1, 0.15) is 5.82 Å². The summed E-state index contributed by atoms with van der Waals surface area (Å²) in [6.45, 7) is 7.02. The van der Waals surface area contributed by atoms with E-state index in [4.69, 9.17) is 5.73 Å². The molecule has 5 nitrogen and oxygen atoms in total. The van der Waals surface area contributed by atoms with Crippen molar-refractivity contribution in [3.63, 3.8) is 0 Å². The molecule has 0 radical (unpaired) electrons. The summed E-state index contributed by atoms with van der Waals surface area (Å²) < 4.78 is 0. The Morgan fingerprint density at radius 2 is 2.14 bits per heavy atom. The average molecular weight is 403 g/mol. The smallest absolute Gasteiger partial charge is 0.189 e. The van der Waals surface area contributed by atoms with Crippen LogP contribution in [0.15, 0.2) is 23.3 Å². The third kappa shape index (κ3) is 5.68. The standard InChI is InChI=1S/C15H25N5.HI/c1-3-12(2)19-15(16)18-11-13-6-7-14(17-10-13)20-8-4-5-9-20;/h6-7,10,12H,3-5,8-9,11H2,1-2H3,(H3,16,18,19);1H. The predicted octanol–water partition coefficient (Wildman–Crippen LogP) is 2.50. The number of nitrogens with one attached hydrogen (secondary N) is 1. The third-order valence-corrected chi connectivity index (χ3v) is 3.68. The van der Waals surface area contributed by atoms with E-state index in [1.807, 2.05) is 6.20 Å². The molecule has 21 heavy (non-hydrogen) atoms. The maximum Gasteiger partial charge on any atom is 0.189 e. The van der Waals surface area contributed by atoms with Crippen molar-refractivity contribution in [3.8, 4) is 0 Å². The highest BCUT2D eigenvalue weighted by atomic mass is 127. The van der Waals surface area contributed by atoms with Gasteiger partial charge in [-0.2, -0.15) is 0 Å². The van der Waals surface area contributed by atoms with Gasteiger partial charge >= 0.3 is 0 Å². The first kappa shape index (κ1) is 18.0. The fourth-order valence-electron chi connectivity index (χ4n) is 2.22.